The minimum absolute atomic E-state index is 0.363. The van der Waals surface area contributed by atoms with Crippen molar-refractivity contribution in [3.05, 3.63) is 0 Å². The van der Waals surface area contributed by atoms with Crippen LogP contribution in [-0.4, -0.2) is 47.7 Å². The lowest BCUT2D eigenvalue weighted by atomic mass is 10.1. The van der Waals surface area contributed by atoms with E-state index in [1.54, 1.807) is 0 Å². The zero-order valence-electron chi connectivity index (χ0n) is 12.0. The van der Waals surface area contributed by atoms with E-state index in [9.17, 15) is 4.79 Å². The summed E-state index contributed by atoms with van der Waals surface area (Å²) in [6.45, 7) is 9.62. The Kier molecular flexibility index (Phi) is 6.65. The number of aliphatic carboxylic acids is 1. The molecule has 0 aromatic rings. The molecular formula is C14H28N2O2. The van der Waals surface area contributed by atoms with Crippen LogP contribution in [0.3, 0.4) is 0 Å². The summed E-state index contributed by atoms with van der Waals surface area (Å²) in [7, 11) is 0. The lowest BCUT2D eigenvalue weighted by molar-refractivity contribution is -0.139. The van der Waals surface area contributed by atoms with E-state index >= 15 is 0 Å². The number of nitrogens with one attached hydrogen (secondary N) is 1. The van der Waals surface area contributed by atoms with Crippen LogP contribution in [-0.2, 0) is 4.79 Å². The number of hydrogen-bond acceptors (Lipinski definition) is 3. The molecule has 1 fully saturated rings. The third-order valence-corrected chi connectivity index (χ3v) is 3.84. The number of rotatable bonds is 8. The second kappa shape index (κ2) is 7.74. The van der Waals surface area contributed by atoms with E-state index in [4.69, 9.17) is 5.11 Å². The quantitative estimate of drug-likeness (QED) is 0.697. The summed E-state index contributed by atoms with van der Waals surface area (Å²) < 4.78 is 0. The highest BCUT2D eigenvalue weighted by Crippen LogP contribution is 2.18. The van der Waals surface area contributed by atoms with Gasteiger partial charge in [0.25, 0.3) is 0 Å². The molecule has 1 saturated heterocycles. The minimum Gasteiger partial charge on any atom is -0.480 e. The third kappa shape index (κ3) is 4.94. The summed E-state index contributed by atoms with van der Waals surface area (Å²) in [4.78, 5) is 13.6. The van der Waals surface area contributed by atoms with E-state index in [1.165, 1.54) is 6.42 Å². The number of carboxylic acids is 1. The average Bonchev–Trinajstić information content (AvgIpc) is 2.77. The Hall–Kier alpha value is -0.610. The SMILES string of the molecule is CCCCC(NCC1CCN(C(C)C)C1)C(=O)O. The van der Waals surface area contributed by atoms with Gasteiger partial charge in [0.05, 0.1) is 0 Å². The van der Waals surface area contributed by atoms with Crippen molar-refractivity contribution in [2.24, 2.45) is 5.92 Å². The lowest BCUT2D eigenvalue weighted by Gasteiger charge is -2.21. The van der Waals surface area contributed by atoms with Crippen LogP contribution in [0.25, 0.3) is 0 Å². The summed E-state index contributed by atoms with van der Waals surface area (Å²) in [5.74, 6) is -0.0990. The molecule has 4 heteroatoms. The molecule has 0 aromatic heterocycles. The van der Waals surface area contributed by atoms with Crippen LogP contribution in [0, 0.1) is 5.92 Å². The first-order valence-electron chi connectivity index (χ1n) is 7.24. The van der Waals surface area contributed by atoms with Crippen LogP contribution in [0.15, 0.2) is 0 Å². The highest BCUT2D eigenvalue weighted by Gasteiger charge is 2.25. The molecule has 106 valence electrons. The van der Waals surface area contributed by atoms with Gasteiger partial charge in [-0.25, -0.2) is 0 Å². The predicted octanol–water partition coefficient (Wildman–Crippen LogP) is 1.95. The smallest absolute Gasteiger partial charge is 0.320 e. The molecule has 2 atom stereocenters. The van der Waals surface area contributed by atoms with Crippen molar-refractivity contribution in [3.8, 4) is 0 Å². The Bertz CT molecular complexity index is 256. The van der Waals surface area contributed by atoms with Crippen molar-refractivity contribution in [1.82, 2.24) is 10.2 Å². The van der Waals surface area contributed by atoms with Crippen molar-refractivity contribution >= 4 is 5.97 Å². The Balaban J connectivity index is 2.28. The van der Waals surface area contributed by atoms with Gasteiger partial charge < -0.3 is 15.3 Å². The summed E-state index contributed by atoms with van der Waals surface area (Å²) in [5.41, 5.74) is 0. The normalized spacial score (nSPS) is 22.6. The zero-order chi connectivity index (χ0) is 13.5. The number of carboxylic acid groups (broad SMARTS) is 1. The first-order chi connectivity index (χ1) is 8.54. The van der Waals surface area contributed by atoms with Gasteiger partial charge in [0.2, 0.25) is 0 Å². The van der Waals surface area contributed by atoms with Gasteiger partial charge in [0.1, 0.15) is 6.04 Å². The standard InChI is InChI=1S/C14H28N2O2/c1-4-5-6-13(14(17)18)15-9-12-7-8-16(10-12)11(2)3/h11-13,15H,4-10H2,1-3H3,(H,17,18). The number of hydrogen-bond donors (Lipinski definition) is 2. The van der Waals surface area contributed by atoms with E-state index in [0.29, 0.717) is 12.0 Å². The molecule has 0 radical (unpaired) electrons. The van der Waals surface area contributed by atoms with Gasteiger partial charge in [-0.05, 0) is 39.2 Å². The van der Waals surface area contributed by atoms with Gasteiger partial charge in [0, 0.05) is 19.1 Å². The van der Waals surface area contributed by atoms with Crippen LogP contribution >= 0.6 is 0 Å². The molecule has 1 aliphatic heterocycles. The zero-order valence-corrected chi connectivity index (χ0v) is 12.0. The topological polar surface area (TPSA) is 52.6 Å². The van der Waals surface area contributed by atoms with E-state index in [1.807, 2.05) is 0 Å². The number of carbonyl (C=O) groups is 1. The Morgan fingerprint density at radius 1 is 1.50 bits per heavy atom. The monoisotopic (exact) mass is 256 g/mol. The van der Waals surface area contributed by atoms with Gasteiger partial charge in [-0.1, -0.05) is 19.8 Å². The molecule has 0 aromatic carbocycles. The molecular weight excluding hydrogens is 228 g/mol. The Morgan fingerprint density at radius 2 is 2.22 bits per heavy atom. The van der Waals surface area contributed by atoms with Crippen LogP contribution in [0.5, 0.6) is 0 Å². The van der Waals surface area contributed by atoms with Crippen molar-refractivity contribution in [2.45, 2.75) is 58.5 Å². The first kappa shape index (κ1) is 15.4. The second-order valence-electron chi connectivity index (χ2n) is 5.68. The fraction of sp³-hybridized carbons (Fsp3) is 0.929. The lowest BCUT2D eigenvalue weighted by Crippen LogP contribution is -2.40. The maximum Gasteiger partial charge on any atom is 0.320 e. The fourth-order valence-corrected chi connectivity index (χ4v) is 2.53. The molecule has 0 bridgehead atoms. The molecule has 0 amide bonds. The van der Waals surface area contributed by atoms with Gasteiger partial charge in [-0.3, -0.25) is 4.79 Å². The average molecular weight is 256 g/mol. The van der Waals surface area contributed by atoms with Crippen molar-refractivity contribution in [3.63, 3.8) is 0 Å². The van der Waals surface area contributed by atoms with Crippen LogP contribution in [0.1, 0.15) is 46.5 Å². The van der Waals surface area contributed by atoms with Crippen molar-refractivity contribution in [2.75, 3.05) is 19.6 Å². The summed E-state index contributed by atoms with van der Waals surface area (Å²) in [6.07, 6.45) is 3.96. The molecule has 18 heavy (non-hydrogen) atoms. The maximum absolute atomic E-state index is 11.1. The molecule has 0 aliphatic carbocycles. The van der Waals surface area contributed by atoms with Crippen LogP contribution in [0.4, 0.5) is 0 Å². The maximum atomic E-state index is 11.1. The molecule has 1 aliphatic rings. The molecule has 1 heterocycles. The van der Waals surface area contributed by atoms with Gasteiger partial charge >= 0.3 is 5.97 Å². The van der Waals surface area contributed by atoms with E-state index in [-0.39, 0.29) is 6.04 Å². The molecule has 2 N–H and O–H groups in total. The van der Waals surface area contributed by atoms with Gasteiger partial charge in [-0.15, -0.1) is 0 Å². The molecule has 4 nitrogen and oxygen atoms in total. The third-order valence-electron chi connectivity index (χ3n) is 3.84. The van der Waals surface area contributed by atoms with E-state index < -0.39 is 5.97 Å². The fourth-order valence-electron chi connectivity index (χ4n) is 2.53. The summed E-state index contributed by atoms with van der Waals surface area (Å²) in [5, 5.41) is 12.4. The highest BCUT2D eigenvalue weighted by molar-refractivity contribution is 5.73. The summed E-state index contributed by atoms with van der Waals surface area (Å²) >= 11 is 0. The van der Waals surface area contributed by atoms with Crippen LogP contribution in [0.2, 0.25) is 0 Å². The summed E-state index contributed by atoms with van der Waals surface area (Å²) in [6, 6.07) is 0.239. The van der Waals surface area contributed by atoms with E-state index in [2.05, 4.69) is 31.0 Å². The number of nitrogens with zero attached hydrogens (tertiary/aromatic N) is 1. The molecule has 0 spiro atoms. The van der Waals surface area contributed by atoms with Crippen LogP contribution < -0.4 is 5.32 Å². The first-order valence-corrected chi connectivity index (χ1v) is 7.24. The van der Waals surface area contributed by atoms with Gasteiger partial charge in [0.15, 0.2) is 0 Å². The van der Waals surface area contributed by atoms with Gasteiger partial charge in [-0.2, -0.15) is 0 Å². The number of unbranched alkanes of at least 4 members (excludes halogenated alkanes) is 1. The molecule has 2 unspecified atom stereocenters. The van der Waals surface area contributed by atoms with E-state index in [0.717, 1.165) is 38.9 Å². The highest BCUT2D eigenvalue weighted by atomic mass is 16.4. The Morgan fingerprint density at radius 3 is 2.72 bits per heavy atom. The largest absolute Gasteiger partial charge is 0.480 e. The minimum atomic E-state index is -0.706. The molecule has 1 rings (SSSR count). The van der Waals surface area contributed by atoms with Crippen molar-refractivity contribution < 1.29 is 9.90 Å². The van der Waals surface area contributed by atoms with Crippen molar-refractivity contribution in [1.29, 1.82) is 0 Å². The number of likely N-dealkylation sites (tertiary alicyclic amines) is 1. The molecule has 0 saturated carbocycles. The Labute approximate surface area is 111 Å². The predicted molar refractivity (Wildman–Crippen MR) is 73.8 cm³/mol. The second-order valence-corrected chi connectivity index (χ2v) is 5.68.